The molecule has 0 saturated carbocycles. The van der Waals surface area contributed by atoms with E-state index in [0.29, 0.717) is 11.5 Å². The zero-order chi connectivity index (χ0) is 16.2. The van der Waals surface area contributed by atoms with Gasteiger partial charge in [0.1, 0.15) is 6.10 Å². The van der Waals surface area contributed by atoms with Gasteiger partial charge >= 0.3 is 5.97 Å². The number of hydrogen-bond donors (Lipinski definition) is 0. The number of benzene rings is 1. The molecular weight excluding hydrogens is 272 g/mol. The van der Waals surface area contributed by atoms with Crippen LogP contribution in [-0.4, -0.2) is 12.1 Å². The van der Waals surface area contributed by atoms with E-state index in [1.54, 1.807) is 12.1 Å². The van der Waals surface area contributed by atoms with Crippen LogP contribution < -0.4 is 0 Å². The lowest BCUT2D eigenvalue weighted by molar-refractivity contribution is 0.0423. The van der Waals surface area contributed by atoms with Gasteiger partial charge in [0, 0.05) is 5.92 Å². The van der Waals surface area contributed by atoms with Crippen LogP contribution in [0.25, 0.3) is 0 Å². The van der Waals surface area contributed by atoms with Crippen LogP contribution in [0.1, 0.15) is 50.9 Å². The molecule has 2 heteroatoms. The summed E-state index contributed by atoms with van der Waals surface area (Å²) in [5, 5.41) is 0. The lowest BCUT2D eigenvalue weighted by Gasteiger charge is -2.36. The van der Waals surface area contributed by atoms with Crippen molar-refractivity contribution in [1.29, 1.82) is 0 Å². The van der Waals surface area contributed by atoms with E-state index >= 15 is 0 Å². The van der Waals surface area contributed by atoms with Crippen LogP contribution in [0.5, 0.6) is 0 Å². The van der Waals surface area contributed by atoms with E-state index in [2.05, 4.69) is 32.9 Å². The van der Waals surface area contributed by atoms with Gasteiger partial charge in [-0.05, 0) is 50.3 Å². The third-order valence-corrected chi connectivity index (χ3v) is 4.46. The molecule has 0 heterocycles. The Balaban J connectivity index is 1.99. The predicted octanol–water partition coefficient (Wildman–Crippen LogP) is 5.17. The number of carbonyl (C=O) groups excluding carboxylic acids is 1. The molecule has 2 rings (SSSR count). The Kier molecular flexibility index (Phi) is 5.23. The van der Waals surface area contributed by atoms with Crippen molar-refractivity contribution in [3.05, 3.63) is 59.7 Å². The number of hydrogen-bond acceptors (Lipinski definition) is 2. The minimum Gasteiger partial charge on any atom is -0.455 e. The standard InChI is InChI=1S/C20H26O2/c1-15-9-8-14-20(3,4)18(15)13-12-16(2)22-19(21)17-10-6-5-7-11-17/h5-7,9-13,16,18H,8,14H2,1-4H3. The van der Waals surface area contributed by atoms with Crippen LogP contribution in [0.3, 0.4) is 0 Å². The maximum atomic E-state index is 12.0. The zero-order valence-corrected chi connectivity index (χ0v) is 14.0. The van der Waals surface area contributed by atoms with Gasteiger partial charge in [-0.2, -0.15) is 0 Å². The largest absolute Gasteiger partial charge is 0.455 e. The zero-order valence-electron chi connectivity index (χ0n) is 14.0. The first-order chi connectivity index (χ1) is 10.4. The topological polar surface area (TPSA) is 26.3 Å². The summed E-state index contributed by atoms with van der Waals surface area (Å²) in [5.41, 5.74) is 2.27. The Labute approximate surface area is 133 Å². The third kappa shape index (κ3) is 4.09. The molecule has 2 unspecified atom stereocenters. The van der Waals surface area contributed by atoms with Crippen LogP contribution in [0.15, 0.2) is 54.1 Å². The van der Waals surface area contributed by atoms with Crippen molar-refractivity contribution in [3.8, 4) is 0 Å². The van der Waals surface area contributed by atoms with Gasteiger partial charge in [-0.25, -0.2) is 4.79 Å². The number of carbonyl (C=O) groups is 1. The minimum absolute atomic E-state index is 0.224. The molecule has 0 saturated heterocycles. The summed E-state index contributed by atoms with van der Waals surface area (Å²) in [5.74, 6) is 0.145. The summed E-state index contributed by atoms with van der Waals surface area (Å²) in [4.78, 5) is 12.0. The van der Waals surface area contributed by atoms with Gasteiger partial charge in [0.15, 0.2) is 0 Å². The normalized spacial score (nSPS) is 22.2. The Bertz CT molecular complexity index is 567. The molecule has 118 valence electrons. The molecule has 22 heavy (non-hydrogen) atoms. The second kappa shape index (κ2) is 6.95. The van der Waals surface area contributed by atoms with Crippen LogP contribution in [-0.2, 0) is 4.74 Å². The van der Waals surface area contributed by atoms with E-state index in [4.69, 9.17) is 4.74 Å². The SMILES string of the molecule is CC1=CCCC(C)(C)C1C=CC(C)OC(=O)c1ccccc1. The fraction of sp³-hybridized carbons (Fsp3) is 0.450. The second-order valence-corrected chi connectivity index (χ2v) is 6.81. The second-order valence-electron chi connectivity index (χ2n) is 6.81. The lowest BCUT2D eigenvalue weighted by atomic mass is 9.68. The average molecular weight is 298 g/mol. The smallest absolute Gasteiger partial charge is 0.338 e. The van der Waals surface area contributed by atoms with Crippen molar-refractivity contribution < 1.29 is 9.53 Å². The molecule has 1 aromatic rings. The molecule has 0 aliphatic heterocycles. The minimum atomic E-state index is -0.270. The van der Waals surface area contributed by atoms with E-state index in [0.717, 1.165) is 6.42 Å². The van der Waals surface area contributed by atoms with Gasteiger partial charge in [-0.15, -0.1) is 0 Å². The first kappa shape index (κ1) is 16.5. The predicted molar refractivity (Wildman–Crippen MR) is 90.7 cm³/mol. The van der Waals surface area contributed by atoms with E-state index in [9.17, 15) is 4.79 Å². The number of ether oxygens (including phenoxy) is 1. The molecule has 0 aromatic heterocycles. The molecule has 0 fully saturated rings. The fourth-order valence-electron chi connectivity index (χ4n) is 3.10. The Morgan fingerprint density at radius 1 is 1.32 bits per heavy atom. The maximum Gasteiger partial charge on any atom is 0.338 e. The summed E-state index contributed by atoms with van der Waals surface area (Å²) in [7, 11) is 0. The maximum absolute atomic E-state index is 12.0. The Hall–Kier alpha value is -1.83. The molecule has 2 nitrogen and oxygen atoms in total. The van der Waals surface area contributed by atoms with Gasteiger partial charge in [0.25, 0.3) is 0 Å². The molecule has 1 aliphatic carbocycles. The molecule has 0 radical (unpaired) electrons. The van der Waals surface area contributed by atoms with Gasteiger partial charge < -0.3 is 4.74 Å². The van der Waals surface area contributed by atoms with Gasteiger partial charge in [0.2, 0.25) is 0 Å². The summed E-state index contributed by atoms with van der Waals surface area (Å²) >= 11 is 0. The summed E-state index contributed by atoms with van der Waals surface area (Å²) in [6.07, 6.45) is 8.66. The molecule has 0 amide bonds. The van der Waals surface area contributed by atoms with Crippen molar-refractivity contribution in [1.82, 2.24) is 0 Å². The molecular formula is C20H26O2. The van der Waals surface area contributed by atoms with Crippen molar-refractivity contribution in [2.75, 3.05) is 0 Å². The average Bonchev–Trinajstić information content (AvgIpc) is 2.47. The van der Waals surface area contributed by atoms with Crippen molar-refractivity contribution in [3.63, 3.8) is 0 Å². The van der Waals surface area contributed by atoms with Crippen molar-refractivity contribution in [2.24, 2.45) is 11.3 Å². The van der Waals surface area contributed by atoms with E-state index in [1.165, 1.54) is 12.0 Å². The number of rotatable bonds is 4. The monoisotopic (exact) mass is 298 g/mol. The Morgan fingerprint density at radius 3 is 2.64 bits per heavy atom. The molecule has 1 aliphatic rings. The summed E-state index contributed by atoms with van der Waals surface area (Å²) in [6, 6.07) is 9.12. The summed E-state index contributed by atoms with van der Waals surface area (Å²) in [6.45, 7) is 8.71. The van der Waals surface area contributed by atoms with Gasteiger partial charge in [-0.1, -0.05) is 49.8 Å². The number of esters is 1. The Morgan fingerprint density at radius 2 is 2.00 bits per heavy atom. The highest BCUT2D eigenvalue weighted by molar-refractivity contribution is 5.89. The lowest BCUT2D eigenvalue weighted by Crippen LogP contribution is -2.26. The van der Waals surface area contributed by atoms with E-state index < -0.39 is 0 Å². The highest BCUT2D eigenvalue weighted by Gasteiger charge is 2.30. The molecule has 0 spiro atoms. The van der Waals surface area contributed by atoms with E-state index in [1.807, 2.05) is 31.2 Å². The number of allylic oxidation sites excluding steroid dienone is 3. The van der Waals surface area contributed by atoms with Gasteiger partial charge in [0.05, 0.1) is 5.56 Å². The van der Waals surface area contributed by atoms with Gasteiger partial charge in [-0.3, -0.25) is 0 Å². The molecule has 1 aromatic carbocycles. The quantitative estimate of drug-likeness (QED) is 0.566. The fourth-order valence-corrected chi connectivity index (χ4v) is 3.10. The third-order valence-electron chi connectivity index (χ3n) is 4.46. The molecule has 0 N–H and O–H groups in total. The highest BCUT2D eigenvalue weighted by atomic mass is 16.5. The molecule has 0 bridgehead atoms. The van der Waals surface area contributed by atoms with E-state index in [-0.39, 0.29) is 17.5 Å². The van der Waals surface area contributed by atoms with Crippen LogP contribution in [0.4, 0.5) is 0 Å². The van der Waals surface area contributed by atoms with Crippen molar-refractivity contribution >= 4 is 5.97 Å². The van der Waals surface area contributed by atoms with Crippen LogP contribution in [0.2, 0.25) is 0 Å². The van der Waals surface area contributed by atoms with Crippen LogP contribution >= 0.6 is 0 Å². The molecule has 2 atom stereocenters. The highest BCUT2D eigenvalue weighted by Crippen LogP contribution is 2.41. The summed E-state index contributed by atoms with van der Waals surface area (Å²) < 4.78 is 5.49. The first-order valence-corrected chi connectivity index (χ1v) is 8.01. The first-order valence-electron chi connectivity index (χ1n) is 8.01. The van der Waals surface area contributed by atoms with Crippen LogP contribution in [0, 0.1) is 11.3 Å². The van der Waals surface area contributed by atoms with Crippen molar-refractivity contribution in [2.45, 2.75) is 46.6 Å².